The van der Waals surface area contributed by atoms with E-state index in [0.717, 1.165) is 12.3 Å². The van der Waals surface area contributed by atoms with E-state index in [1.807, 2.05) is 0 Å². The quantitative estimate of drug-likeness (QED) is 0.510. The van der Waals surface area contributed by atoms with Gasteiger partial charge in [-0.1, -0.05) is 61.8 Å². The Kier molecular flexibility index (Phi) is 8.58. The lowest BCUT2D eigenvalue weighted by Crippen LogP contribution is -2.23. The topological polar surface area (TPSA) is 26.3 Å². The van der Waals surface area contributed by atoms with E-state index in [4.69, 9.17) is 4.74 Å². The van der Waals surface area contributed by atoms with Crippen LogP contribution < -0.4 is 0 Å². The van der Waals surface area contributed by atoms with E-state index in [0.29, 0.717) is 35.7 Å². The van der Waals surface area contributed by atoms with E-state index >= 15 is 0 Å². The van der Waals surface area contributed by atoms with Crippen molar-refractivity contribution in [2.24, 2.45) is 28.6 Å². The minimum Gasteiger partial charge on any atom is -0.468 e. The Morgan fingerprint density at radius 2 is 1.43 bits per heavy atom. The largest absolute Gasteiger partial charge is 0.468 e. The molecule has 0 aliphatic rings. The summed E-state index contributed by atoms with van der Waals surface area (Å²) < 4.78 is 5.08. The highest BCUT2D eigenvalue weighted by atomic mass is 16.5. The fourth-order valence-corrected chi connectivity index (χ4v) is 3.47. The zero-order valence-electron chi connectivity index (χ0n) is 15.7. The van der Waals surface area contributed by atoms with Crippen LogP contribution >= 0.6 is 0 Å². The molecule has 0 radical (unpaired) electrons. The third-order valence-corrected chi connectivity index (χ3v) is 4.11. The second kappa shape index (κ2) is 8.80. The lowest BCUT2D eigenvalue weighted by Gasteiger charge is -2.30. The maximum Gasteiger partial charge on any atom is 0.293 e. The number of carbonyl (C=O) groups excluding carboxylic acids is 1. The fourth-order valence-electron chi connectivity index (χ4n) is 3.47. The van der Waals surface area contributed by atoms with E-state index in [1.165, 1.54) is 19.3 Å². The molecule has 0 aliphatic heterocycles. The van der Waals surface area contributed by atoms with Gasteiger partial charge in [-0.3, -0.25) is 4.79 Å². The second-order valence-corrected chi connectivity index (χ2v) is 9.38. The molecule has 2 heteroatoms. The molecule has 2 nitrogen and oxygen atoms in total. The SMILES string of the molecule is CC(CCC(COC=O)C(C)CC(C)(C)C)CC(C)(C)C. The van der Waals surface area contributed by atoms with E-state index in [9.17, 15) is 4.79 Å². The monoisotopic (exact) mass is 298 g/mol. The summed E-state index contributed by atoms with van der Waals surface area (Å²) in [5, 5.41) is 0. The van der Waals surface area contributed by atoms with Crippen LogP contribution in [0.2, 0.25) is 0 Å². The van der Waals surface area contributed by atoms with E-state index < -0.39 is 0 Å². The standard InChI is InChI=1S/C19H38O2/c1-15(11-18(3,4)5)9-10-17(13-21-14-20)16(2)12-19(6,7)8/h14-17H,9-13H2,1-8H3. The van der Waals surface area contributed by atoms with E-state index in [-0.39, 0.29) is 0 Å². The number of hydrogen-bond donors (Lipinski definition) is 0. The van der Waals surface area contributed by atoms with Gasteiger partial charge in [0.25, 0.3) is 6.47 Å². The summed E-state index contributed by atoms with van der Waals surface area (Å²) in [6.07, 6.45) is 4.80. The molecule has 0 aromatic rings. The molecule has 0 aromatic carbocycles. The molecule has 21 heavy (non-hydrogen) atoms. The van der Waals surface area contributed by atoms with Crippen molar-refractivity contribution in [2.45, 2.75) is 81.1 Å². The molecule has 0 bridgehead atoms. The first-order valence-corrected chi connectivity index (χ1v) is 8.50. The van der Waals surface area contributed by atoms with Gasteiger partial charge in [0.1, 0.15) is 0 Å². The van der Waals surface area contributed by atoms with Gasteiger partial charge in [0.2, 0.25) is 0 Å². The molecule has 3 atom stereocenters. The molecule has 126 valence electrons. The Morgan fingerprint density at radius 1 is 0.905 bits per heavy atom. The van der Waals surface area contributed by atoms with Crippen LogP contribution in [0.15, 0.2) is 0 Å². The summed E-state index contributed by atoms with van der Waals surface area (Å²) in [4.78, 5) is 10.5. The lowest BCUT2D eigenvalue weighted by molar-refractivity contribution is -0.130. The highest BCUT2D eigenvalue weighted by molar-refractivity contribution is 5.36. The van der Waals surface area contributed by atoms with Crippen molar-refractivity contribution in [3.8, 4) is 0 Å². The molecule has 0 aliphatic carbocycles. The van der Waals surface area contributed by atoms with Crippen LogP contribution in [0, 0.1) is 28.6 Å². The fraction of sp³-hybridized carbons (Fsp3) is 0.947. The van der Waals surface area contributed by atoms with Crippen molar-refractivity contribution in [1.29, 1.82) is 0 Å². The zero-order chi connectivity index (χ0) is 16.7. The molecule has 0 amide bonds. The Hall–Kier alpha value is -0.530. The van der Waals surface area contributed by atoms with Crippen LogP contribution in [0.5, 0.6) is 0 Å². The highest BCUT2D eigenvalue weighted by Crippen LogP contribution is 2.33. The number of carbonyl (C=O) groups is 1. The first-order chi connectivity index (χ1) is 9.44. The summed E-state index contributed by atoms with van der Waals surface area (Å²) in [5.41, 5.74) is 0.723. The second-order valence-electron chi connectivity index (χ2n) is 9.38. The molecule has 0 fully saturated rings. The van der Waals surface area contributed by atoms with Crippen LogP contribution in [-0.4, -0.2) is 13.1 Å². The summed E-state index contributed by atoms with van der Waals surface area (Å²) in [5.74, 6) is 1.80. The summed E-state index contributed by atoms with van der Waals surface area (Å²) >= 11 is 0. The van der Waals surface area contributed by atoms with Gasteiger partial charge in [0.05, 0.1) is 6.61 Å². The summed E-state index contributed by atoms with van der Waals surface area (Å²) in [6, 6.07) is 0. The number of rotatable bonds is 9. The van der Waals surface area contributed by atoms with Gasteiger partial charge < -0.3 is 4.74 Å². The maximum atomic E-state index is 10.5. The smallest absolute Gasteiger partial charge is 0.293 e. The molecule has 0 aromatic heterocycles. The zero-order valence-corrected chi connectivity index (χ0v) is 15.7. The molecule has 0 N–H and O–H groups in total. The molecule has 0 saturated carbocycles. The van der Waals surface area contributed by atoms with Crippen molar-refractivity contribution < 1.29 is 9.53 Å². The third-order valence-electron chi connectivity index (χ3n) is 4.11. The first-order valence-electron chi connectivity index (χ1n) is 8.50. The van der Waals surface area contributed by atoms with Crippen LogP contribution in [0.4, 0.5) is 0 Å². The maximum absolute atomic E-state index is 10.5. The Labute approximate surface area is 133 Å². The van der Waals surface area contributed by atoms with Crippen LogP contribution in [0.3, 0.4) is 0 Å². The van der Waals surface area contributed by atoms with Crippen LogP contribution in [0.1, 0.15) is 81.1 Å². The predicted octanol–water partition coefficient (Wildman–Crippen LogP) is 5.70. The summed E-state index contributed by atoms with van der Waals surface area (Å²) in [7, 11) is 0. The minimum absolute atomic E-state index is 0.329. The van der Waals surface area contributed by atoms with E-state index in [1.54, 1.807) is 0 Å². The lowest BCUT2D eigenvalue weighted by atomic mass is 9.76. The first kappa shape index (κ1) is 20.5. The van der Waals surface area contributed by atoms with Crippen molar-refractivity contribution in [2.75, 3.05) is 6.61 Å². The molecular weight excluding hydrogens is 260 g/mol. The van der Waals surface area contributed by atoms with Gasteiger partial charge >= 0.3 is 0 Å². The van der Waals surface area contributed by atoms with Crippen molar-refractivity contribution in [3.63, 3.8) is 0 Å². The van der Waals surface area contributed by atoms with Crippen LogP contribution in [-0.2, 0) is 9.53 Å². The van der Waals surface area contributed by atoms with Gasteiger partial charge in [-0.25, -0.2) is 0 Å². The number of ether oxygens (including phenoxy) is 1. The Bertz CT molecular complexity index is 283. The normalized spacial score (nSPS) is 17.1. The Balaban J connectivity index is 4.44. The van der Waals surface area contributed by atoms with Crippen LogP contribution in [0.25, 0.3) is 0 Å². The molecular formula is C19H38O2. The number of hydrogen-bond acceptors (Lipinski definition) is 2. The van der Waals surface area contributed by atoms with Crippen molar-refractivity contribution in [1.82, 2.24) is 0 Å². The van der Waals surface area contributed by atoms with Gasteiger partial charge in [-0.2, -0.15) is 0 Å². The van der Waals surface area contributed by atoms with Crippen molar-refractivity contribution in [3.05, 3.63) is 0 Å². The minimum atomic E-state index is 0.329. The molecule has 0 spiro atoms. The molecule has 0 saturated heterocycles. The third kappa shape index (κ3) is 11.8. The molecule has 0 heterocycles. The average molecular weight is 299 g/mol. The summed E-state index contributed by atoms with van der Waals surface area (Å²) in [6.45, 7) is 19.6. The van der Waals surface area contributed by atoms with Gasteiger partial charge in [0.15, 0.2) is 0 Å². The molecule has 0 rings (SSSR count). The average Bonchev–Trinajstić information content (AvgIpc) is 2.24. The van der Waals surface area contributed by atoms with E-state index in [2.05, 4.69) is 55.4 Å². The molecule has 3 unspecified atom stereocenters. The van der Waals surface area contributed by atoms with Gasteiger partial charge in [-0.05, 0) is 47.8 Å². The predicted molar refractivity (Wildman–Crippen MR) is 91.2 cm³/mol. The van der Waals surface area contributed by atoms with Gasteiger partial charge in [0, 0.05) is 0 Å². The van der Waals surface area contributed by atoms with Gasteiger partial charge in [-0.15, -0.1) is 0 Å². The Morgan fingerprint density at radius 3 is 1.86 bits per heavy atom. The highest BCUT2D eigenvalue weighted by Gasteiger charge is 2.24. The van der Waals surface area contributed by atoms with Crippen molar-refractivity contribution >= 4 is 6.47 Å².